The number of nitrogens with one attached hydrogen (secondary N) is 4. The number of benzene rings is 2. The van der Waals surface area contributed by atoms with Gasteiger partial charge < -0.3 is 30.3 Å². The molecule has 2 aromatic rings. The van der Waals surface area contributed by atoms with Crippen molar-refractivity contribution in [3.8, 4) is 5.75 Å². The monoisotopic (exact) mass is 591 g/mol. The molecule has 1 saturated heterocycles. The predicted octanol–water partition coefficient (Wildman–Crippen LogP) is 3.45. The third kappa shape index (κ3) is 7.62. The van der Waals surface area contributed by atoms with Crippen LogP contribution in [0.25, 0.3) is 0 Å². The number of anilines is 1. The Balaban J connectivity index is 1.03. The van der Waals surface area contributed by atoms with Gasteiger partial charge in [0.15, 0.2) is 0 Å². The summed E-state index contributed by atoms with van der Waals surface area (Å²) in [7, 11) is 0. The number of amides is 6. The van der Waals surface area contributed by atoms with Crippen LogP contribution in [-0.2, 0) is 27.4 Å². The number of piperidine rings is 1. The van der Waals surface area contributed by atoms with Crippen LogP contribution in [0.2, 0.25) is 0 Å². The van der Waals surface area contributed by atoms with Crippen LogP contribution in [0.15, 0.2) is 42.5 Å². The fourth-order valence-corrected chi connectivity index (χ4v) is 5.35. The fraction of sp³-hybridized carbons (Fsp3) is 0.452. The van der Waals surface area contributed by atoms with E-state index in [1.54, 1.807) is 36.4 Å². The summed E-state index contributed by atoms with van der Waals surface area (Å²) in [5.41, 5.74) is 2.39. The Morgan fingerprint density at radius 2 is 1.79 bits per heavy atom. The summed E-state index contributed by atoms with van der Waals surface area (Å²) in [6.45, 7) is 6.59. The van der Waals surface area contributed by atoms with E-state index < -0.39 is 18.0 Å². The second kappa shape index (κ2) is 12.3. The van der Waals surface area contributed by atoms with Crippen LogP contribution in [-0.4, -0.2) is 59.0 Å². The first-order chi connectivity index (χ1) is 20.4. The van der Waals surface area contributed by atoms with E-state index in [0.29, 0.717) is 30.0 Å². The van der Waals surface area contributed by atoms with Crippen molar-refractivity contribution in [2.75, 3.05) is 11.9 Å². The van der Waals surface area contributed by atoms with Gasteiger partial charge in [-0.05, 0) is 81.5 Å². The lowest BCUT2D eigenvalue weighted by molar-refractivity contribution is -0.136. The molecule has 43 heavy (non-hydrogen) atoms. The summed E-state index contributed by atoms with van der Waals surface area (Å²) in [5, 5.41) is 10.7. The first-order valence-electron chi connectivity index (χ1n) is 14.5. The van der Waals surface area contributed by atoms with E-state index in [1.807, 2.05) is 26.8 Å². The molecular weight excluding hydrogens is 554 g/mol. The van der Waals surface area contributed by atoms with E-state index in [-0.39, 0.29) is 54.9 Å². The molecule has 0 spiro atoms. The van der Waals surface area contributed by atoms with E-state index >= 15 is 0 Å². The highest BCUT2D eigenvalue weighted by atomic mass is 16.5. The van der Waals surface area contributed by atoms with Gasteiger partial charge in [-0.25, -0.2) is 9.59 Å². The zero-order valence-electron chi connectivity index (χ0n) is 24.5. The molecule has 2 aliphatic heterocycles. The maximum Gasteiger partial charge on any atom is 0.407 e. The standard InChI is InChI=1S/C31H37N5O7/c1-31(2,3)35-30(41)42-17-19-13-23(14-19)43-22-7-5-21(6-8-22)33-29(40)32-15-18-4-9-24-20(12-18)16-36(28(24)39)25-10-11-26(37)34-27(25)38/h4-9,12,19,23,25H,10-11,13-17H2,1-3H3,(H,35,41)(H2,32,33,40)(H,34,37,38). The molecule has 12 heteroatoms. The molecule has 2 fully saturated rings. The van der Waals surface area contributed by atoms with Gasteiger partial charge >= 0.3 is 12.1 Å². The number of alkyl carbamates (subject to hydrolysis) is 1. The number of nitrogens with zero attached hydrogens (tertiary/aromatic N) is 1. The first-order valence-corrected chi connectivity index (χ1v) is 14.5. The van der Waals surface area contributed by atoms with E-state index in [9.17, 15) is 24.0 Å². The summed E-state index contributed by atoms with van der Waals surface area (Å²) in [4.78, 5) is 62.4. The topological polar surface area (TPSA) is 155 Å². The molecule has 1 aliphatic carbocycles. The molecule has 2 aromatic carbocycles. The predicted molar refractivity (Wildman–Crippen MR) is 156 cm³/mol. The number of rotatable bonds is 8. The smallest absolute Gasteiger partial charge is 0.407 e. The molecular formula is C31H37N5O7. The van der Waals surface area contributed by atoms with E-state index in [2.05, 4.69) is 21.3 Å². The average molecular weight is 592 g/mol. The lowest BCUT2D eigenvalue weighted by Crippen LogP contribution is -2.52. The van der Waals surface area contributed by atoms with Crippen LogP contribution in [0.1, 0.15) is 67.9 Å². The van der Waals surface area contributed by atoms with Crippen molar-refractivity contribution in [1.82, 2.24) is 20.9 Å². The molecule has 12 nitrogen and oxygen atoms in total. The van der Waals surface area contributed by atoms with Gasteiger partial charge in [-0.1, -0.05) is 12.1 Å². The summed E-state index contributed by atoms with van der Waals surface area (Å²) in [6.07, 6.45) is 1.76. The molecule has 0 bridgehead atoms. The summed E-state index contributed by atoms with van der Waals surface area (Å²) in [5.74, 6) is -0.0383. The lowest BCUT2D eigenvalue weighted by Gasteiger charge is -2.35. The number of hydrogen-bond acceptors (Lipinski definition) is 7. The molecule has 1 atom stereocenters. The number of carbonyl (C=O) groups excluding carboxylic acids is 5. The van der Waals surface area contributed by atoms with Gasteiger partial charge in [0, 0.05) is 42.2 Å². The van der Waals surface area contributed by atoms with E-state index in [4.69, 9.17) is 9.47 Å². The average Bonchev–Trinajstić information content (AvgIpc) is 3.24. The second-order valence-corrected chi connectivity index (χ2v) is 12.3. The van der Waals surface area contributed by atoms with Gasteiger partial charge in [-0.3, -0.25) is 19.7 Å². The highest BCUT2D eigenvalue weighted by Gasteiger charge is 2.39. The van der Waals surface area contributed by atoms with Crippen molar-refractivity contribution in [3.05, 3.63) is 59.2 Å². The Kier molecular flexibility index (Phi) is 8.56. The van der Waals surface area contributed by atoms with Gasteiger partial charge in [-0.2, -0.15) is 0 Å². The van der Waals surface area contributed by atoms with Crippen molar-refractivity contribution >= 4 is 35.5 Å². The summed E-state index contributed by atoms with van der Waals surface area (Å²) in [6, 6.07) is 11.4. The molecule has 3 aliphatic rings. The highest BCUT2D eigenvalue weighted by Crippen LogP contribution is 2.32. The highest BCUT2D eigenvalue weighted by molar-refractivity contribution is 6.05. The van der Waals surface area contributed by atoms with Gasteiger partial charge in [-0.15, -0.1) is 0 Å². The SMILES string of the molecule is CC(C)(C)NC(=O)OCC1CC(Oc2ccc(NC(=O)NCc3ccc4c(c3)CN(C3CCC(=O)NC3=O)C4=O)cc2)C1. The molecule has 5 rings (SSSR count). The first kappa shape index (κ1) is 29.9. The van der Waals surface area contributed by atoms with Crippen molar-refractivity contribution in [3.63, 3.8) is 0 Å². The molecule has 2 heterocycles. The second-order valence-electron chi connectivity index (χ2n) is 12.3. The Labute approximate surface area is 249 Å². The number of imide groups is 1. The Morgan fingerprint density at radius 3 is 2.49 bits per heavy atom. The minimum absolute atomic E-state index is 0.0556. The minimum atomic E-state index is -0.667. The number of carbonyl (C=O) groups is 5. The number of hydrogen-bond donors (Lipinski definition) is 4. The Bertz CT molecular complexity index is 1410. The van der Waals surface area contributed by atoms with Crippen LogP contribution in [0.4, 0.5) is 15.3 Å². The minimum Gasteiger partial charge on any atom is -0.490 e. The van der Waals surface area contributed by atoms with Crippen LogP contribution in [0, 0.1) is 5.92 Å². The Hall–Kier alpha value is -4.61. The molecule has 0 radical (unpaired) electrons. The molecule has 4 N–H and O–H groups in total. The fourth-order valence-electron chi connectivity index (χ4n) is 5.35. The zero-order valence-corrected chi connectivity index (χ0v) is 24.5. The lowest BCUT2D eigenvalue weighted by atomic mass is 9.83. The summed E-state index contributed by atoms with van der Waals surface area (Å²) < 4.78 is 11.3. The van der Waals surface area contributed by atoms with Crippen LogP contribution >= 0.6 is 0 Å². The third-order valence-corrected chi connectivity index (χ3v) is 7.58. The third-order valence-electron chi connectivity index (χ3n) is 7.58. The number of ether oxygens (including phenoxy) is 2. The van der Waals surface area contributed by atoms with Crippen LogP contribution < -0.4 is 26.0 Å². The van der Waals surface area contributed by atoms with E-state index in [0.717, 1.165) is 24.0 Å². The number of urea groups is 1. The van der Waals surface area contributed by atoms with Crippen molar-refractivity contribution in [2.45, 2.75) is 77.2 Å². The van der Waals surface area contributed by atoms with E-state index in [1.165, 1.54) is 4.90 Å². The molecule has 1 saturated carbocycles. The maximum absolute atomic E-state index is 12.9. The van der Waals surface area contributed by atoms with Gasteiger partial charge in [0.2, 0.25) is 11.8 Å². The molecule has 228 valence electrons. The van der Waals surface area contributed by atoms with Gasteiger partial charge in [0.25, 0.3) is 5.91 Å². The normalized spacial score (nSPS) is 21.3. The zero-order chi connectivity index (χ0) is 30.7. The van der Waals surface area contributed by atoms with Crippen LogP contribution in [0.3, 0.4) is 0 Å². The van der Waals surface area contributed by atoms with Gasteiger partial charge in [0.1, 0.15) is 11.8 Å². The maximum atomic E-state index is 12.9. The van der Waals surface area contributed by atoms with Crippen molar-refractivity contribution in [1.29, 1.82) is 0 Å². The molecule has 0 aromatic heterocycles. The molecule has 1 unspecified atom stereocenters. The number of fused-ring (bicyclic) bond motifs is 1. The van der Waals surface area contributed by atoms with Crippen molar-refractivity contribution in [2.24, 2.45) is 5.92 Å². The largest absolute Gasteiger partial charge is 0.490 e. The van der Waals surface area contributed by atoms with Crippen molar-refractivity contribution < 1.29 is 33.4 Å². The van der Waals surface area contributed by atoms with Crippen LogP contribution in [0.5, 0.6) is 5.75 Å². The molecule has 6 amide bonds. The Morgan fingerprint density at radius 1 is 1.05 bits per heavy atom. The quantitative estimate of drug-likeness (QED) is 0.343. The van der Waals surface area contributed by atoms with Gasteiger partial charge in [0.05, 0.1) is 12.7 Å². The summed E-state index contributed by atoms with van der Waals surface area (Å²) >= 11 is 0.